The van der Waals surface area contributed by atoms with Crippen LogP contribution < -0.4 is 5.32 Å². The molecule has 0 spiro atoms. The molecule has 3 heterocycles. The molecule has 2 aliphatic rings. The number of aromatic nitrogens is 2. The van der Waals surface area contributed by atoms with E-state index in [2.05, 4.69) is 15.3 Å². The van der Waals surface area contributed by atoms with Crippen molar-refractivity contribution < 1.29 is 9.59 Å². The fourth-order valence-corrected chi connectivity index (χ4v) is 3.73. The number of carbonyl (C=O) groups excluding carboxylic acids is 2. The van der Waals surface area contributed by atoms with Gasteiger partial charge < -0.3 is 20.1 Å². The number of imidazole rings is 1. The number of nitrogens with one attached hydrogen (secondary N) is 2. The monoisotopic (exact) mass is 347 g/mol. The Hall–Kier alpha value is -2.05. The average Bonchev–Trinajstić information content (AvgIpc) is 3.16. The molecular formula is C18H29N5O2. The summed E-state index contributed by atoms with van der Waals surface area (Å²) in [6, 6.07) is 0.207. The molecule has 0 unspecified atom stereocenters. The number of carbonyl (C=O) groups is 2. The number of hydrogen-bond donors (Lipinski definition) is 2. The van der Waals surface area contributed by atoms with Gasteiger partial charge in [-0.2, -0.15) is 0 Å². The molecule has 3 rings (SSSR count). The van der Waals surface area contributed by atoms with E-state index < -0.39 is 0 Å². The van der Waals surface area contributed by atoms with Gasteiger partial charge in [0.25, 0.3) is 0 Å². The van der Waals surface area contributed by atoms with Gasteiger partial charge in [-0.15, -0.1) is 0 Å². The number of piperidine rings is 2. The predicted octanol–water partition coefficient (Wildman–Crippen LogP) is 1.95. The van der Waals surface area contributed by atoms with Crippen LogP contribution in [0.4, 0.5) is 4.79 Å². The second kappa shape index (κ2) is 7.89. The van der Waals surface area contributed by atoms with Crippen molar-refractivity contribution in [2.24, 2.45) is 5.92 Å². The first-order valence-electron chi connectivity index (χ1n) is 9.38. The maximum absolute atomic E-state index is 12.5. The van der Waals surface area contributed by atoms with Crippen LogP contribution >= 0.6 is 0 Å². The van der Waals surface area contributed by atoms with Crippen LogP contribution in [0.15, 0.2) is 12.4 Å². The molecule has 2 saturated heterocycles. The lowest BCUT2D eigenvalue weighted by molar-refractivity contribution is -0.135. The van der Waals surface area contributed by atoms with Gasteiger partial charge in [0.05, 0.1) is 0 Å². The predicted molar refractivity (Wildman–Crippen MR) is 95.1 cm³/mol. The maximum atomic E-state index is 12.5. The van der Waals surface area contributed by atoms with Crippen molar-refractivity contribution in [1.82, 2.24) is 25.1 Å². The van der Waals surface area contributed by atoms with Gasteiger partial charge in [0.1, 0.15) is 5.82 Å². The Bertz CT molecular complexity index is 570. The molecule has 0 saturated carbocycles. The molecule has 0 bridgehead atoms. The van der Waals surface area contributed by atoms with Gasteiger partial charge in [-0.1, -0.05) is 13.8 Å². The van der Waals surface area contributed by atoms with E-state index in [0.717, 1.165) is 57.7 Å². The number of H-pyrrole nitrogens is 1. The Kier molecular flexibility index (Phi) is 5.60. The molecule has 1 aromatic heterocycles. The van der Waals surface area contributed by atoms with Gasteiger partial charge in [-0.05, 0) is 25.7 Å². The number of likely N-dealkylation sites (tertiary alicyclic amines) is 2. The maximum Gasteiger partial charge on any atom is 0.317 e. The van der Waals surface area contributed by atoms with Crippen LogP contribution in [0.2, 0.25) is 0 Å². The molecule has 3 amide bonds. The summed E-state index contributed by atoms with van der Waals surface area (Å²) in [5.41, 5.74) is 0. The molecule has 1 aromatic rings. The van der Waals surface area contributed by atoms with E-state index in [4.69, 9.17) is 0 Å². The van der Waals surface area contributed by atoms with Crippen molar-refractivity contribution in [3.05, 3.63) is 18.2 Å². The topological polar surface area (TPSA) is 81.3 Å². The Morgan fingerprint density at radius 3 is 2.32 bits per heavy atom. The molecule has 7 heteroatoms. The molecule has 0 aromatic carbocycles. The van der Waals surface area contributed by atoms with Gasteiger partial charge in [0, 0.05) is 56.5 Å². The first kappa shape index (κ1) is 17.8. The molecule has 2 fully saturated rings. The van der Waals surface area contributed by atoms with Crippen LogP contribution in [0.5, 0.6) is 0 Å². The van der Waals surface area contributed by atoms with E-state index >= 15 is 0 Å². The molecule has 2 N–H and O–H groups in total. The molecular weight excluding hydrogens is 318 g/mol. The number of urea groups is 1. The number of rotatable bonds is 3. The van der Waals surface area contributed by atoms with Gasteiger partial charge in [-0.25, -0.2) is 9.78 Å². The molecule has 0 aliphatic carbocycles. The van der Waals surface area contributed by atoms with Gasteiger partial charge in [0.2, 0.25) is 5.91 Å². The molecule has 25 heavy (non-hydrogen) atoms. The highest BCUT2D eigenvalue weighted by atomic mass is 16.2. The van der Waals surface area contributed by atoms with Crippen LogP contribution in [0.3, 0.4) is 0 Å². The lowest BCUT2D eigenvalue weighted by Gasteiger charge is -2.36. The van der Waals surface area contributed by atoms with Crippen LogP contribution in [-0.2, 0) is 4.79 Å². The number of aromatic amines is 1. The van der Waals surface area contributed by atoms with E-state index in [1.54, 1.807) is 6.20 Å². The minimum absolute atomic E-state index is 0.0338. The largest absolute Gasteiger partial charge is 0.348 e. The molecule has 138 valence electrons. The summed E-state index contributed by atoms with van der Waals surface area (Å²) < 4.78 is 0. The summed E-state index contributed by atoms with van der Waals surface area (Å²) in [7, 11) is 0. The Morgan fingerprint density at radius 2 is 1.76 bits per heavy atom. The third kappa shape index (κ3) is 4.32. The number of amides is 3. The Labute approximate surface area is 149 Å². The van der Waals surface area contributed by atoms with Crippen molar-refractivity contribution in [3.63, 3.8) is 0 Å². The third-order valence-corrected chi connectivity index (χ3v) is 5.32. The number of nitrogens with zero attached hydrogens (tertiary/aromatic N) is 3. The van der Waals surface area contributed by atoms with Gasteiger partial charge >= 0.3 is 6.03 Å². The van der Waals surface area contributed by atoms with Gasteiger partial charge in [-0.3, -0.25) is 4.79 Å². The quantitative estimate of drug-likeness (QED) is 0.877. The van der Waals surface area contributed by atoms with Crippen molar-refractivity contribution in [3.8, 4) is 0 Å². The van der Waals surface area contributed by atoms with Crippen molar-refractivity contribution in [2.45, 2.75) is 51.5 Å². The first-order valence-corrected chi connectivity index (χ1v) is 9.38. The van der Waals surface area contributed by atoms with Crippen LogP contribution in [0, 0.1) is 5.92 Å². The standard InChI is InChI=1S/C18H29N5O2/c1-13(2)17(24)22-11-5-15(6-12-22)21-18(25)23-9-3-14(4-10-23)16-19-7-8-20-16/h7-8,13-15H,3-6,9-12H2,1-2H3,(H,19,20)(H,21,25). The zero-order valence-corrected chi connectivity index (χ0v) is 15.2. The summed E-state index contributed by atoms with van der Waals surface area (Å²) in [4.78, 5) is 35.9. The van der Waals surface area contributed by atoms with Crippen molar-refractivity contribution in [2.75, 3.05) is 26.2 Å². The van der Waals surface area contributed by atoms with Crippen LogP contribution in [-0.4, -0.2) is 63.9 Å². The third-order valence-electron chi connectivity index (χ3n) is 5.32. The first-order chi connectivity index (χ1) is 12.0. The van der Waals surface area contributed by atoms with Crippen LogP contribution in [0.25, 0.3) is 0 Å². The lowest BCUT2D eigenvalue weighted by atomic mass is 9.96. The summed E-state index contributed by atoms with van der Waals surface area (Å²) in [5.74, 6) is 1.71. The second-order valence-corrected chi connectivity index (χ2v) is 7.44. The smallest absolute Gasteiger partial charge is 0.317 e. The molecule has 0 radical (unpaired) electrons. The number of hydrogen-bond acceptors (Lipinski definition) is 3. The van der Waals surface area contributed by atoms with E-state index in [9.17, 15) is 9.59 Å². The van der Waals surface area contributed by atoms with Gasteiger partial charge in [0.15, 0.2) is 0 Å². The molecule has 0 atom stereocenters. The minimum atomic E-state index is 0.0338. The zero-order valence-electron chi connectivity index (χ0n) is 15.2. The van der Waals surface area contributed by atoms with E-state index in [1.165, 1.54) is 0 Å². The summed E-state index contributed by atoms with van der Waals surface area (Å²) in [6.45, 7) is 6.87. The average molecular weight is 347 g/mol. The fourth-order valence-electron chi connectivity index (χ4n) is 3.73. The van der Waals surface area contributed by atoms with E-state index in [-0.39, 0.29) is 23.9 Å². The lowest BCUT2D eigenvalue weighted by Crippen LogP contribution is -2.52. The molecule has 2 aliphatic heterocycles. The SMILES string of the molecule is CC(C)C(=O)N1CCC(NC(=O)N2CCC(c3ncc[nH]3)CC2)CC1. The minimum Gasteiger partial charge on any atom is -0.348 e. The van der Waals surface area contributed by atoms with E-state index in [0.29, 0.717) is 5.92 Å². The highest BCUT2D eigenvalue weighted by molar-refractivity contribution is 5.78. The van der Waals surface area contributed by atoms with Crippen LogP contribution in [0.1, 0.15) is 51.3 Å². The Morgan fingerprint density at radius 1 is 1.12 bits per heavy atom. The summed E-state index contributed by atoms with van der Waals surface area (Å²) >= 11 is 0. The Balaban J connectivity index is 1.41. The fraction of sp³-hybridized carbons (Fsp3) is 0.722. The normalized spacial score (nSPS) is 20.1. The summed E-state index contributed by atoms with van der Waals surface area (Å²) in [6.07, 6.45) is 7.21. The summed E-state index contributed by atoms with van der Waals surface area (Å²) in [5, 5.41) is 3.15. The molecule has 7 nitrogen and oxygen atoms in total. The van der Waals surface area contributed by atoms with Crippen molar-refractivity contribution >= 4 is 11.9 Å². The van der Waals surface area contributed by atoms with E-state index in [1.807, 2.05) is 29.8 Å². The zero-order chi connectivity index (χ0) is 17.8. The van der Waals surface area contributed by atoms with Crippen molar-refractivity contribution in [1.29, 1.82) is 0 Å². The second-order valence-electron chi connectivity index (χ2n) is 7.44. The highest BCUT2D eigenvalue weighted by Crippen LogP contribution is 2.25. The highest BCUT2D eigenvalue weighted by Gasteiger charge is 2.28.